The number of aryl methyl sites for hydroxylation is 1. The van der Waals surface area contributed by atoms with Crippen LogP contribution >= 0.6 is 11.3 Å². The fraction of sp³-hybridized carbons (Fsp3) is 0.409. The Morgan fingerprint density at radius 2 is 2.21 bits per heavy atom. The fourth-order valence-electron chi connectivity index (χ4n) is 3.78. The molecule has 0 bridgehead atoms. The van der Waals surface area contributed by atoms with Crippen LogP contribution in [0, 0.1) is 11.3 Å². The minimum Gasteiger partial charge on any atom is -0.465 e. The second-order valence-electron chi connectivity index (χ2n) is 7.34. The van der Waals surface area contributed by atoms with Crippen molar-refractivity contribution in [2.24, 2.45) is 0 Å². The normalized spacial score (nSPS) is 17.2. The molecule has 3 aromatic rings. The van der Waals surface area contributed by atoms with E-state index in [9.17, 15) is 0 Å². The molecular weight excluding hydrogens is 382 g/mol. The number of pyridine rings is 1. The van der Waals surface area contributed by atoms with E-state index in [-0.39, 0.29) is 0 Å². The Balaban J connectivity index is 1.46. The molecule has 1 fully saturated rings. The predicted molar refractivity (Wildman–Crippen MR) is 114 cm³/mol. The maximum absolute atomic E-state index is 9.05. The van der Waals surface area contributed by atoms with Gasteiger partial charge in [0, 0.05) is 18.0 Å². The highest BCUT2D eigenvalue weighted by atomic mass is 32.1. The van der Waals surface area contributed by atoms with Gasteiger partial charge in [-0.3, -0.25) is 4.90 Å². The van der Waals surface area contributed by atoms with Gasteiger partial charge in [-0.1, -0.05) is 13.3 Å². The van der Waals surface area contributed by atoms with Crippen LogP contribution in [0.5, 0.6) is 0 Å². The highest BCUT2D eigenvalue weighted by molar-refractivity contribution is 7.13. The number of likely N-dealkylation sites (tertiary alicyclic amines) is 1. The van der Waals surface area contributed by atoms with Crippen LogP contribution in [-0.2, 0) is 13.0 Å². The summed E-state index contributed by atoms with van der Waals surface area (Å²) in [6, 6.07) is 10.1. The van der Waals surface area contributed by atoms with Crippen molar-refractivity contribution in [2.75, 3.05) is 11.9 Å². The lowest BCUT2D eigenvalue weighted by Gasteiger charge is -2.34. The number of hydrogen-bond donors (Lipinski definition) is 1. The van der Waals surface area contributed by atoms with Crippen molar-refractivity contribution < 1.29 is 4.42 Å². The Hall–Kier alpha value is -2.69. The summed E-state index contributed by atoms with van der Waals surface area (Å²) in [4.78, 5) is 11.6. The average Bonchev–Trinajstić information content (AvgIpc) is 3.38. The van der Waals surface area contributed by atoms with Crippen LogP contribution in [0.15, 0.2) is 40.3 Å². The van der Waals surface area contributed by atoms with Gasteiger partial charge >= 0.3 is 0 Å². The van der Waals surface area contributed by atoms with Crippen molar-refractivity contribution in [1.29, 1.82) is 5.26 Å². The molecule has 1 N–H and O–H groups in total. The molecule has 0 unspecified atom stereocenters. The molecule has 150 valence electrons. The minimum atomic E-state index is 0.300. The topological polar surface area (TPSA) is 78.0 Å². The van der Waals surface area contributed by atoms with Crippen LogP contribution in [0.25, 0.3) is 0 Å². The smallest absolute Gasteiger partial charge is 0.188 e. The summed E-state index contributed by atoms with van der Waals surface area (Å²) in [7, 11) is 0. The lowest BCUT2D eigenvalue weighted by Crippen LogP contribution is -2.33. The van der Waals surface area contributed by atoms with Gasteiger partial charge in [0.2, 0.25) is 0 Å². The Morgan fingerprint density at radius 1 is 1.31 bits per heavy atom. The molecule has 0 saturated carbocycles. The molecule has 29 heavy (non-hydrogen) atoms. The number of anilines is 2. The molecule has 1 saturated heterocycles. The zero-order chi connectivity index (χ0) is 20.1. The van der Waals surface area contributed by atoms with Gasteiger partial charge in [0.05, 0.1) is 29.9 Å². The lowest BCUT2D eigenvalue weighted by atomic mass is 10.00. The summed E-state index contributed by atoms with van der Waals surface area (Å²) in [6.45, 7) is 4.05. The standard InChI is InChI=1S/C22H25N5OS/c1-2-5-17-7-8-18(28-17)14-27-11-4-3-6-20(27)19-15-29-22(25-19)26-21-12-16(13-23)9-10-24-21/h7-10,12,15,20H,2-6,11,14H2,1H3,(H,24,25,26)/t20-/m1/s1. The van der Waals surface area contributed by atoms with Gasteiger partial charge < -0.3 is 9.73 Å². The number of aromatic nitrogens is 2. The van der Waals surface area contributed by atoms with E-state index in [4.69, 9.17) is 14.7 Å². The van der Waals surface area contributed by atoms with Crippen molar-refractivity contribution in [3.8, 4) is 6.07 Å². The van der Waals surface area contributed by atoms with E-state index in [0.29, 0.717) is 17.4 Å². The Labute approximate surface area is 175 Å². The first-order valence-corrected chi connectivity index (χ1v) is 11.0. The summed E-state index contributed by atoms with van der Waals surface area (Å²) in [5.41, 5.74) is 1.67. The number of rotatable bonds is 7. The van der Waals surface area contributed by atoms with E-state index in [0.717, 1.165) is 54.7 Å². The molecule has 0 aliphatic carbocycles. The zero-order valence-electron chi connectivity index (χ0n) is 16.6. The highest BCUT2D eigenvalue weighted by Crippen LogP contribution is 2.34. The van der Waals surface area contributed by atoms with Gasteiger partial charge in [0.1, 0.15) is 17.3 Å². The highest BCUT2D eigenvalue weighted by Gasteiger charge is 2.27. The first kappa shape index (κ1) is 19.6. The van der Waals surface area contributed by atoms with Crippen molar-refractivity contribution in [1.82, 2.24) is 14.9 Å². The number of nitriles is 1. The molecular formula is C22H25N5OS. The molecule has 4 heterocycles. The second-order valence-corrected chi connectivity index (χ2v) is 8.20. The minimum absolute atomic E-state index is 0.300. The Bertz CT molecular complexity index is 989. The molecule has 0 spiro atoms. The molecule has 0 radical (unpaired) electrons. The van der Waals surface area contributed by atoms with E-state index < -0.39 is 0 Å². The number of thiazole rings is 1. The molecule has 7 heteroatoms. The summed E-state index contributed by atoms with van der Waals surface area (Å²) in [5, 5.41) is 15.2. The number of furan rings is 1. The van der Waals surface area contributed by atoms with Gasteiger partial charge in [0.15, 0.2) is 5.13 Å². The molecule has 6 nitrogen and oxygen atoms in total. The third-order valence-electron chi connectivity index (χ3n) is 5.17. The van der Waals surface area contributed by atoms with Gasteiger partial charge in [-0.2, -0.15) is 5.26 Å². The molecule has 1 aliphatic rings. The number of hydrogen-bond acceptors (Lipinski definition) is 7. The van der Waals surface area contributed by atoms with E-state index in [1.54, 1.807) is 29.7 Å². The molecule has 0 aromatic carbocycles. The molecule has 1 atom stereocenters. The van der Waals surface area contributed by atoms with Crippen LogP contribution in [0.4, 0.5) is 10.9 Å². The summed E-state index contributed by atoms with van der Waals surface area (Å²) in [5.74, 6) is 2.75. The fourth-order valence-corrected chi connectivity index (χ4v) is 4.54. The van der Waals surface area contributed by atoms with E-state index in [1.807, 2.05) is 0 Å². The molecule has 3 aromatic heterocycles. The average molecular weight is 408 g/mol. The van der Waals surface area contributed by atoms with Crippen LogP contribution in [-0.4, -0.2) is 21.4 Å². The lowest BCUT2D eigenvalue weighted by molar-refractivity contribution is 0.127. The Morgan fingerprint density at radius 3 is 3.07 bits per heavy atom. The molecule has 0 amide bonds. The monoisotopic (exact) mass is 407 g/mol. The third-order valence-corrected chi connectivity index (χ3v) is 5.95. The third kappa shape index (κ3) is 4.84. The Kier molecular flexibility index (Phi) is 6.23. The summed E-state index contributed by atoms with van der Waals surface area (Å²) in [6.07, 6.45) is 7.25. The van der Waals surface area contributed by atoms with Crippen molar-refractivity contribution in [3.05, 3.63) is 58.6 Å². The van der Waals surface area contributed by atoms with Gasteiger partial charge in [-0.25, -0.2) is 9.97 Å². The maximum atomic E-state index is 9.05. The van der Waals surface area contributed by atoms with E-state index in [1.165, 1.54) is 12.8 Å². The van der Waals surface area contributed by atoms with E-state index in [2.05, 4.69) is 45.7 Å². The number of nitrogens with one attached hydrogen (secondary N) is 1. The number of piperidine rings is 1. The van der Waals surface area contributed by atoms with Crippen LogP contribution in [0.3, 0.4) is 0 Å². The van der Waals surface area contributed by atoms with E-state index >= 15 is 0 Å². The number of nitrogens with zero attached hydrogens (tertiary/aromatic N) is 4. The first-order valence-electron chi connectivity index (χ1n) is 10.2. The van der Waals surface area contributed by atoms with Crippen LogP contribution in [0.2, 0.25) is 0 Å². The van der Waals surface area contributed by atoms with Crippen molar-refractivity contribution >= 4 is 22.3 Å². The molecule has 1 aliphatic heterocycles. The largest absolute Gasteiger partial charge is 0.465 e. The second kappa shape index (κ2) is 9.21. The summed E-state index contributed by atoms with van der Waals surface area (Å²) < 4.78 is 6.01. The zero-order valence-corrected chi connectivity index (χ0v) is 17.4. The van der Waals surface area contributed by atoms with Gasteiger partial charge in [0.25, 0.3) is 0 Å². The van der Waals surface area contributed by atoms with Crippen LogP contribution < -0.4 is 5.32 Å². The van der Waals surface area contributed by atoms with Gasteiger partial charge in [-0.15, -0.1) is 11.3 Å². The SMILES string of the molecule is CCCc1ccc(CN2CCCC[C@@H]2c2csc(Nc3cc(C#N)ccn3)n2)o1. The van der Waals surface area contributed by atoms with Crippen LogP contribution in [0.1, 0.15) is 61.4 Å². The van der Waals surface area contributed by atoms with Crippen molar-refractivity contribution in [2.45, 2.75) is 51.6 Å². The van der Waals surface area contributed by atoms with Gasteiger partial charge in [-0.05, 0) is 50.1 Å². The molecule has 4 rings (SSSR count). The first-order chi connectivity index (χ1) is 14.2. The van der Waals surface area contributed by atoms with Crippen molar-refractivity contribution in [3.63, 3.8) is 0 Å². The predicted octanol–water partition coefficient (Wildman–Crippen LogP) is 5.43. The summed E-state index contributed by atoms with van der Waals surface area (Å²) >= 11 is 1.58. The quantitative estimate of drug-likeness (QED) is 0.563. The maximum Gasteiger partial charge on any atom is 0.188 e.